The molecule has 4 rings (SSSR count). The fourth-order valence-electron chi connectivity index (χ4n) is 5.43. The summed E-state index contributed by atoms with van der Waals surface area (Å²) in [6.45, 7) is 8.79. The zero-order valence-electron chi connectivity index (χ0n) is 20.0. The summed E-state index contributed by atoms with van der Waals surface area (Å²) in [5.74, 6) is 0.580. The van der Waals surface area contributed by atoms with Gasteiger partial charge >= 0.3 is 0 Å². The van der Waals surface area contributed by atoms with Crippen LogP contribution >= 0.6 is 0 Å². The fraction of sp³-hybridized carbons (Fsp3) is 0.720. The molecule has 7 nitrogen and oxygen atoms in total. The highest BCUT2D eigenvalue weighted by Gasteiger charge is 2.34. The summed E-state index contributed by atoms with van der Waals surface area (Å²) >= 11 is 0. The van der Waals surface area contributed by atoms with Crippen molar-refractivity contribution in [3.8, 4) is 0 Å². The lowest BCUT2D eigenvalue weighted by Gasteiger charge is -2.46. The highest BCUT2D eigenvalue weighted by atomic mass is 32.2. The molecule has 3 fully saturated rings. The first-order valence-electron chi connectivity index (χ1n) is 12.5. The van der Waals surface area contributed by atoms with Crippen molar-refractivity contribution >= 4 is 15.7 Å². The Balaban J connectivity index is 1.17. The van der Waals surface area contributed by atoms with Gasteiger partial charge in [0, 0.05) is 57.2 Å². The van der Waals surface area contributed by atoms with Crippen molar-refractivity contribution in [1.29, 1.82) is 0 Å². The third-order valence-electron chi connectivity index (χ3n) is 7.39. The molecule has 0 radical (unpaired) electrons. The SMILES string of the molecule is CS(=O)(=O)c1ccc(C(=O)N2CCN3CC(COCCCN4CCCCC4)CCC3C2)cc1. The van der Waals surface area contributed by atoms with E-state index in [2.05, 4.69) is 9.80 Å². The number of rotatable bonds is 8. The van der Waals surface area contributed by atoms with Crippen molar-refractivity contribution < 1.29 is 17.9 Å². The van der Waals surface area contributed by atoms with Crippen LogP contribution in [0.3, 0.4) is 0 Å². The summed E-state index contributed by atoms with van der Waals surface area (Å²) in [7, 11) is -3.25. The van der Waals surface area contributed by atoms with Crippen molar-refractivity contribution in [1.82, 2.24) is 14.7 Å². The van der Waals surface area contributed by atoms with Gasteiger partial charge in [-0.2, -0.15) is 0 Å². The summed E-state index contributed by atoms with van der Waals surface area (Å²) in [5.41, 5.74) is 0.558. The maximum atomic E-state index is 13.0. The fourth-order valence-corrected chi connectivity index (χ4v) is 6.06. The van der Waals surface area contributed by atoms with E-state index in [1.54, 1.807) is 12.1 Å². The molecule has 3 saturated heterocycles. The van der Waals surface area contributed by atoms with E-state index in [0.717, 1.165) is 52.1 Å². The maximum Gasteiger partial charge on any atom is 0.253 e. The van der Waals surface area contributed by atoms with Crippen LogP contribution in [0.4, 0.5) is 0 Å². The zero-order chi connectivity index (χ0) is 23.3. The van der Waals surface area contributed by atoms with Crippen LogP contribution in [0.5, 0.6) is 0 Å². The summed E-state index contributed by atoms with van der Waals surface area (Å²) in [6.07, 6.45) is 8.63. The number of hydrogen-bond donors (Lipinski definition) is 0. The molecule has 0 saturated carbocycles. The number of piperidine rings is 2. The monoisotopic (exact) mass is 477 g/mol. The summed E-state index contributed by atoms with van der Waals surface area (Å²) < 4.78 is 29.3. The van der Waals surface area contributed by atoms with Crippen LogP contribution in [0, 0.1) is 5.92 Å². The minimum Gasteiger partial charge on any atom is -0.381 e. The number of carbonyl (C=O) groups is 1. The van der Waals surface area contributed by atoms with E-state index in [0.29, 0.717) is 24.1 Å². The van der Waals surface area contributed by atoms with Crippen molar-refractivity contribution in [2.24, 2.45) is 5.92 Å². The Bertz CT molecular complexity index is 883. The van der Waals surface area contributed by atoms with E-state index in [9.17, 15) is 13.2 Å². The molecule has 1 aromatic rings. The average Bonchev–Trinajstić information content (AvgIpc) is 2.83. The van der Waals surface area contributed by atoms with E-state index in [1.165, 1.54) is 57.3 Å². The van der Waals surface area contributed by atoms with Crippen molar-refractivity contribution in [3.05, 3.63) is 29.8 Å². The normalized spacial score (nSPS) is 25.1. The Kier molecular flexibility index (Phi) is 8.43. The molecule has 2 atom stereocenters. The van der Waals surface area contributed by atoms with Crippen LogP contribution in [0.1, 0.15) is 48.9 Å². The van der Waals surface area contributed by atoms with Crippen LogP contribution in [0.15, 0.2) is 29.2 Å². The largest absolute Gasteiger partial charge is 0.381 e. The number of sulfone groups is 1. The van der Waals surface area contributed by atoms with Gasteiger partial charge in [-0.05, 0) is 75.4 Å². The number of ether oxygens (including phenoxy) is 1. The second-order valence-electron chi connectivity index (χ2n) is 9.97. The summed E-state index contributed by atoms with van der Waals surface area (Å²) in [4.78, 5) is 20.2. The van der Waals surface area contributed by atoms with Crippen molar-refractivity contribution in [2.45, 2.75) is 49.5 Å². The predicted octanol–water partition coefficient (Wildman–Crippen LogP) is 2.52. The maximum absolute atomic E-state index is 13.0. The number of hydrogen-bond acceptors (Lipinski definition) is 6. The highest BCUT2D eigenvalue weighted by Crippen LogP contribution is 2.26. The van der Waals surface area contributed by atoms with Crippen molar-refractivity contribution in [2.75, 3.05) is 65.3 Å². The molecule has 3 aliphatic heterocycles. The van der Waals surface area contributed by atoms with E-state index in [-0.39, 0.29) is 10.8 Å². The smallest absolute Gasteiger partial charge is 0.253 e. The molecule has 0 spiro atoms. The summed E-state index contributed by atoms with van der Waals surface area (Å²) in [6, 6.07) is 6.72. The number of nitrogens with zero attached hydrogens (tertiary/aromatic N) is 3. The lowest BCUT2D eigenvalue weighted by atomic mass is 9.91. The zero-order valence-corrected chi connectivity index (χ0v) is 20.8. The van der Waals surface area contributed by atoms with Crippen LogP contribution in [0.25, 0.3) is 0 Å². The molecule has 33 heavy (non-hydrogen) atoms. The Morgan fingerprint density at radius 1 is 1.00 bits per heavy atom. The van der Waals surface area contributed by atoms with Gasteiger partial charge in [-0.25, -0.2) is 8.42 Å². The number of fused-ring (bicyclic) bond motifs is 1. The minimum atomic E-state index is -3.25. The first-order chi connectivity index (χ1) is 15.9. The lowest BCUT2D eigenvalue weighted by Crippen LogP contribution is -2.58. The average molecular weight is 478 g/mol. The van der Waals surface area contributed by atoms with Gasteiger partial charge in [0.25, 0.3) is 5.91 Å². The van der Waals surface area contributed by atoms with Gasteiger partial charge in [-0.15, -0.1) is 0 Å². The first-order valence-corrected chi connectivity index (χ1v) is 14.4. The molecule has 0 N–H and O–H groups in total. The van der Waals surface area contributed by atoms with E-state index in [4.69, 9.17) is 4.74 Å². The van der Waals surface area contributed by atoms with E-state index >= 15 is 0 Å². The second-order valence-corrected chi connectivity index (χ2v) is 12.0. The topological polar surface area (TPSA) is 70.2 Å². The Morgan fingerprint density at radius 3 is 2.48 bits per heavy atom. The van der Waals surface area contributed by atoms with Crippen molar-refractivity contribution in [3.63, 3.8) is 0 Å². The molecule has 0 aliphatic carbocycles. The molecule has 0 aromatic heterocycles. The third-order valence-corrected chi connectivity index (χ3v) is 8.52. The molecule has 1 amide bonds. The Hall–Kier alpha value is -1.48. The van der Waals surface area contributed by atoms with Gasteiger partial charge in [-0.3, -0.25) is 9.69 Å². The van der Waals surface area contributed by atoms with Crippen LogP contribution < -0.4 is 0 Å². The molecule has 184 valence electrons. The molecule has 0 bridgehead atoms. The number of benzene rings is 1. The van der Waals surface area contributed by atoms with Gasteiger partial charge < -0.3 is 14.5 Å². The van der Waals surface area contributed by atoms with Gasteiger partial charge in [0.2, 0.25) is 0 Å². The molecule has 8 heteroatoms. The number of piperazine rings is 1. The van der Waals surface area contributed by atoms with Gasteiger partial charge in [0.15, 0.2) is 9.84 Å². The molecule has 3 heterocycles. The van der Waals surface area contributed by atoms with Crippen LogP contribution in [0.2, 0.25) is 0 Å². The molecular weight excluding hydrogens is 438 g/mol. The second kappa shape index (κ2) is 11.3. The standard InChI is InChI=1S/C25H39N3O4S/c1-33(30,31)24-10-7-22(8-11-24)25(29)28-16-15-27-18-21(6-9-23(27)19-28)20-32-17-5-14-26-12-3-2-4-13-26/h7-8,10-11,21,23H,2-6,9,12-20H2,1H3. The van der Waals surface area contributed by atoms with Gasteiger partial charge in [0.05, 0.1) is 11.5 Å². The van der Waals surface area contributed by atoms with Crippen LogP contribution in [-0.4, -0.2) is 100 Å². The molecule has 3 aliphatic rings. The van der Waals surface area contributed by atoms with E-state index < -0.39 is 9.84 Å². The molecule has 1 aromatic carbocycles. The first kappa shape index (κ1) is 24.6. The number of amides is 1. The van der Waals surface area contributed by atoms with Gasteiger partial charge in [0.1, 0.15) is 0 Å². The Labute approximate surface area is 199 Å². The highest BCUT2D eigenvalue weighted by molar-refractivity contribution is 7.90. The van der Waals surface area contributed by atoms with E-state index in [1.807, 2.05) is 4.90 Å². The van der Waals surface area contributed by atoms with Crippen LogP contribution in [-0.2, 0) is 14.6 Å². The summed E-state index contributed by atoms with van der Waals surface area (Å²) in [5, 5.41) is 0. The predicted molar refractivity (Wildman–Crippen MR) is 129 cm³/mol. The third kappa shape index (κ3) is 6.78. The Morgan fingerprint density at radius 2 is 1.76 bits per heavy atom. The lowest BCUT2D eigenvalue weighted by molar-refractivity contribution is 0.000823. The minimum absolute atomic E-state index is 0.00568. The number of likely N-dealkylation sites (tertiary alicyclic amines) is 1. The van der Waals surface area contributed by atoms with Gasteiger partial charge in [-0.1, -0.05) is 6.42 Å². The molecular formula is C25H39N3O4S. The molecule has 2 unspecified atom stereocenters. The number of carbonyl (C=O) groups excluding carboxylic acids is 1. The quantitative estimate of drug-likeness (QED) is 0.536.